The summed E-state index contributed by atoms with van der Waals surface area (Å²) in [5, 5.41) is 0. The van der Waals surface area contributed by atoms with E-state index in [-0.39, 0.29) is 0 Å². The maximum Gasteiger partial charge on any atom is 0.0381 e. The van der Waals surface area contributed by atoms with Gasteiger partial charge in [-0.15, -0.1) is 6.58 Å². The molecule has 0 amide bonds. The van der Waals surface area contributed by atoms with Crippen molar-refractivity contribution in [2.75, 3.05) is 19.6 Å². The fourth-order valence-corrected chi connectivity index (χ4v) is 0.942. The quantitative estimate of drug-likeness (QED) is 0.564. The Kier molecular flexibility index (Phi) is 4.88. The van der Waals surface area contributed by atoms with E-state index in [4.69, 9.17) is 11.5 Å². The zero-order chi connectivity index (χ0) is 9.56. The van der Waals surface area contributed by atoms with Crippen LogP contribution in [0.25, 0.3) is 0 Å². The molecule has 0 aliphatic heterocycles. The van der Waals surface area contributed by atoms with E-state index in [9.17, 15) is 0 Å². The van der Waals surface area contributed by atoms with Crippen LogP contribution in [0.1, 0.15) is 0 Å². The second kappa shape index (κ2) is 5.43. The topological polar surface area (TPSA) is 55.3 Å². The Bertz CT molecular complexity index is 168. The van der Waals surface area contributed by atoms with Gasteiger partial charge in [0.05, 0.1) is 0 Å². The van der Waals surface area contributed by atoms with Crippen LogP contribution >= 0.6 is 0 Å². The van der Waals surface area contributed by atoms with Crippen molar-refractivity contribution in [1.29, 1.82) is 0 Å². The molecule has 0 rings (SSSR count). The molecule has 0 aromatic carbocycles. The Morgan fingerprint density at radius 2 is 1.58 bits per heavy atom. The van der Waals surface area contributed by atoms with Crippen molar-refractivity contribution < 1.29 is 0 Å². The van der Waals surface area contributed by atoms with Crippen LogP contribution in [0, 0.1) is 0 Å². The summed E-state index contributed by atoms with van der Waals surface area (Å²) < 4.78 is 0. The van der Waals surface area contributed by atoms with Gasteiger partial charge in [0.1, 0.15) is 0 Å². The van der Waals surface area contributed by atoms with Gasteiger partial charge >= 0.3 is 0 Å². The van der Waals surface area contributed by atoms with Crippen LogP contribution in [-0.2, 0) is 0 Å². The van der Waals surface area contributed by atoms with E-state index in [0.29, 0.717) is 24.5 Å². The van der Waals surface area contributed by atoms with E-state index in [2.05, 4.69) is 19.7 Å². The van der Waals surface area contributed by atoms with Crippen molar-refractivity contribution in [2.24, 2.45) is 11.5 Å². The van der Waals surface area contributed by atoms with Gasteiger partial charge in [-0.3, -0.25) is 4.90 Å². The zero-order valence-corrected chi connectivity index (χ0v) is 7.42. The summed E-state index contributed by atoms with van der Waals surface area (Å²) in [6.07, 6.45) is 1.80. The second-order valence-electron chi connectivity index (χ2n) is 2.77. The summed E-state index contributed by atoms with van der Waals surface area (Å²) in [7, 11) is 0. The molecule has 0 aliphatic carbocycles. The Hall–Kier alpha value is -1.22. The van der Waals surface area contributed by atoms with Crippen molar-refractivity contribution in [3.8, 4) is 0 Å². The van der Waals surface area contributed by atoms with Crippen LogP contribution in [0.2, 0.25) is 0 Å². The molecule has 0 radical (unpaired) electrons. The molecule has 3 nitrogen and oxygen atoms in total. The van der Waals surface area contributed by atoms with Crippen molar-refractivity contribution in [2.45, 2.75) is 0 Å². The molecule has 3 heteroatoms. The fourth-order valence-electron chi connectivity index (χ4n) is 0.942. The molecule has 0 saturated heterocycles. The van der Waals surface area contributed by atoms with Gasteiger partial charge in [0.15, 0.2) is 0 Å². The van der Waals surface area contributed by atoms with Gasteiger partial charge in [0.25, 0.3) is 0 Å². The summed E-state index contributed by atoms with van der Waals surface area (Å²) in [4.78, 5) is 2.01. The Labute approximate surface area is 74.0 Å². The average molecular weight is 167 g/mol. The van der Waals surface area contributed by atoms with Crippen molar-refractivity contribution in [1.82, 2.24) is 4.90 Å². The van der Waals surface area contributed by atoms with Crippen molar-refractivity contribution in [3.05, 3.63) is 37.2 Å². The molecule has 0 unspecified atom stereocenters. The van der Waals surface area contributed by atoms with E-state index >= 15 is 0 Å². The number of rotatable bonds is 6. The highest BCUT2D eigenvalue weighted by Crippen LogP contribution is 1.94. The molecule has 0 aliphatic rings. The van der Waals surface area contributed by atoms with E-state index < -0.39 is 0 Å². The number of nitrogens with two attached hydrogens (primary N) is 2. The van der Waals surface area contributed by atoms with Crippen LogP contribution in [0.4, 0.5) is 0 Å². The Balaban J connectivity index is 3.93. The molecular formula is C9H17N3. The predicted molar refractivity (Wildman–Crippen MR) is 53.3 cm³/mol. The molecule has 0 heterocycles. The van der Waals surface area contributed by atoms with Crippen LogP contribution < -0.4 is 11.5 Å². The normalized spacial score (nSPS) is 9.75. The molecule has 0 saturated carbocycles. The lowest BCUT2D eigenvalue weighted by Gasteiger charge is -2.19. The SMILES string of the molecule is C=CCN(CC(=C)N)CC(=C)N. The fraction of sp³-hybridized carbons (Fsp3) is 0.333. The molecule has 0 fully saturated rings. The Morgan fingerprint density at radius 3 is 1.83 bits per heavy atom. The molecular weight excluding hydrogens is 150 g/mol. The first-order chi connectivity index (χ1) is 5.56. The molecule has 68 valence electrons. The van der Waals surface area contributed by atoms with E-state index in [0.717, 1.165) is 6.54 Å². The molecule has 12 heavy (non-hydrogen) atoms. The van der Waals surface area contributed by atoms with Crippen LogP contribution in [0.15, 0.2) is 37.2 Å². The van der Waals surface area contributed by atoms with Crippen molar-refractivity contribution >= 4 is 0 Å². The minimum Gasteiger partial charge on any atom is -0.401 e. The highest BCUT2D eigenvalue weighted by Gasteiger charge is 2.02. The van der Waals surface area contributed by atoms with E-state index in [1.54, 1.807) is 6.08 Å². The summed E-state index contributed by atoms with van der Waals surface area (Å²) in [6, 6.07) is 0. The molecule has 4 N–H and O–H groups in total. The third-order valence-electron chi connectivity index (χ3n) is 1.24. The maximum absolute atomic E-state index is 5.46. The van der Waals surface area contributed by atoms with Crippen molar-refractivity contribution in [3.63, 3.8) is 0 Å². The Morgan fingerprint density at radius 1 is 1.17 bits per heavy atom. The van der Waals surface area contributed by atoms with E-state index in [1.165, 1.54) is 0 Å². The first kappa shape index (κ1) is 10.8. The van der Waals surface area contributed by atoms with Gasteiger partial charge in [-0.25, -0.2) is 0 Å². The molecule has 0 atom stereocenters. The predicted octanol–water partition coefficient (Wildman–Crippen LogP) is 0.419. The van der Waals surface area contributed by atoms with Gasteiger partial charge in [-0.2, -0.15) is 0 Å². The number of nitrogens with zero attached hydrogens (tertiary/aromatic N) is 1. The van der Waals surface area contributed by atoms with Crippen LogP contribution in [0.5, 0.6) is 0 Å². The highest BCUT2D eigenvalue weighted by molar-refractivity contribution is 4.97. The van der Waals surface area contributed by atoms with Crippen LogP contribution in [0.3, 0.4) is 0 Å². The minimum atomic E-state index is 0.623. The average Bonchev–Trinajstić information content (AvgIpc) is 1.84. The standard InChI is InChI=1S/C9H17N3/c1-4-5-12(6-8(2)10)7-9(3)11/h4H,1-3,5-7,10-11H2. The first-order valence-corrected chi connectivity index (χ1v) is 3.76. The van der Waals surface area contributed by atoms with Gasteiger partial charge in [-0.1, -0.05) is 19.2 Å². The lowest BCUT2D eigenvalue weighted by atomic mass is 10.3. The monoisotopic (exact) mass is 167 g/mol. The molecule has 0 spiro atoms. The summed E-state index contributed by atoms with van der Waals surface area (Å²) in [6.45, 7) is 12.9. The lowest BCUT2D eigenvalue weighted by Crippen LogP contribution is -2.31. The summed E-state index contributed by atoms with van der Waals surface area (Å²) in [5.74, 6) is 0. The lowest BCUT2D eigenvalue weighted by molar-refractivity contribution is 0.354. The molecule has 0 bridgehead atoms. The number of hydrogen-bond donors (Lipinski definition) is 2. The smallest absolute Gasteiger partial charge is 0.0381 e. The third-order valence-corrected chi connectivity index (χ3v) is 1.24. The maximum atomic E-state index is 5.46. The van der Waals surface area contributed by atoms with Gasteiger partial charge in [-0.05, 0) is 0 Å². The number of hydrogen-bond acceptors (Lipinski definition) is 3. The third kappa shape index (κ3) is 5.56. The minimum absolute atomic E-state index is 0.623. The van der Waals surface area contributed by atoms with Gasteiger partial charge in [0, 0.05) is 31.0 Å². The van der Waals surface area contributed by atoms with E-state index in [1.807, 2.05) is 4.90 Å². The molecule has 0 aromatic rings. The first-order valence-electron chi connectivity index (χ1n) is 3.76. The summed E-state index contributed by atoms with van der Waals surface area (Å²) in [5.41, 5.74) is 12.2. The highest BCUT2D eigenvalue weighted by atomic mass is 15.1. The second-order valence-corrected chi connectivity index (χ2v) is 2.77. The summed E-state index contributed by atoms with van der Waals surface area (Å²) >= 11 is 0. The van der Waals surface area contributed by atoms with Crippen LogP contribution in [-0.4, -0.2) is 24.5 Å². The van der Waals surface area contributed by atoms with Gasteiger partial charge < -0.3 is 11.5 Å². The zero-order valence-electron chi connectivity index (χ0n) is 7.42. The van der Waals surface area contributed by atoms with Gasteiger partial charge in [0.2, 0.25) is 0 Å². The molecule has 0 aromatic heterocycles. The largest absolute Gasteiger partial charge is 0.401 e.